The molecule has 1 aromatic carbocycles. The molecule has 0 radical (unpaired) electrons. The smallest absolute Gasteiger partial charge is 0.363 e. The standard InChI is InChI=1S/C16H10Br2N2O3/c1-22-14-3-2-11(17)4-9(14)6-13-16(21)23-15(20-13)10-5-12(18)8-19-7-10/h2-8H,1H3/b13-6-. The zero-order valence-corrected chi connectivity index (χ0v) is 15.1. The molecule has 7 heteroatoms. The molecule has 0 unspecified atom stereocenters. The predicted molar refractivity (Wildman–Crippen MR) is 93.2 cm³/mol. The van der Waals surface area contributed by atoms with E-state index in [0.29, 0.717) is 11.3 Å². The molecule has 0 atom stereocenters. The van der Waals surface area contributed by atoms with Gasteiger partial charge in [-0.1, -0.05) is 15.9 Å². The summed E-state index contributed by atoms with van der Waals surface area (Å²) in [7, 11) is 1.57. The van der Waals surface area contributed by atoms with Crippen LogP contribution in [0, 0.1) is 0 Å². The molecule has 23 heavy (non-hydrogen) atoms. The lowest BCUT2D eigenvalue weighted by molar-refractivity contribution is -0.129. The van der Waals surface area contributed by atoms with Gasteiger partial charge in [0.25, 0.3) is 0 Å². The van der Waals surface area contributed by atoms with E-state index in [2.05, 4.69) is 41.8 Å². The summed E-state index contributed by atoms with van der Waals surface area (Å²) in [6, 6.07) is 7.28. The van der Waals surface area contributed by atoms with Crippen LogP contribution < -0.4 is 4.74 Å². The molecule has 0 amide bonds. The van der Waals surface area contributed by atoms with Gasteiger partial charge in [-0.3, -0.25) is 4.98 Å². The summed E-state index contributed by atoms with van der Waals surface area (Å²) in [6.07, 6.45) is 4.85. The number of pyridine rings is 1. The second-order valence-electron chi connectivity index (χ2n) is 4.61. The lowest BCUT2D eigenvalue weighted by Gasteiger charge is -2.04. The maximum absolute atomic E-state index is 12.0. The van der Waals surface area contributed by atoms with E-state index in [1.165, 1.54) is 0 Å². The van der Waals surface area contributed by atoms with E-state index < -0.39 is 5.97 Å². The number of carbonyl (C=O) groups is 1. The summed E-state index contributed by atoms with van der Waals surface area (Å²) in [5.74, 6) is 0.354. The molecule has 0 N–H and O–H groups in total. The Labute approximate surface area is 149 Å². The summed E-state index contributed by atoms with van der Waals surface area (Å²) < 4.78 is 12.2. The van der Waals surface area contributed by atoms with Crippen LogP contribution >= 0.6 is 31.9 Å². The molecule has 0 saturated carbocycles. The molecule has 2 heterocycles. The number of nitrogens with zero attached hydrogens (tertiary/aromatic N) is 2. The first-order chi connectivity index (χ1) is 11.1. The summed E-state index contributed by atoms with van der Waals surface area (Å²) in [5, 5.41) is 0. The van der Waals surface area contributed by atoms with Crippen LogP contribution in [0.3, 0.4) is 0 Å². The van der Waals surface area contributed by atoms with E-state index in [1.807, 2.05) is 12.1 Å². The molecule has 2 aromatic rings. The van der Waals surface area contributed by atoms with Crippen molar-refractivity contribution in [3.8, 4) is 5.75 Å². The molecule has 0 bridgehead atoms. The summed E-state index contributed by atoms with van der Waals surface area (Å²) in [5.41, 5.74) is 1.56. The normalized spacial score (nSPS) is 15.5. The van der Waals surface area contributed by atoms with Crippen molar-refractivity contribution in [1.29, 1.82) is 0 Å². The Kier molecular flexibility index (Phi) is 4.58. The molecular formula is C16H10Br2N2O3. The van der Waals surface area contributed by atoms with Crippen LogP contribution in [0.5, 0.6) is 5.75 Å². The summed E-state index contributed by atoms with van der Waals surface area (Å²) in [6.45, 7) is 0. The van der Waals surface area contributed by atoms with Crippen molar-refractivity contribution in [1.82, 2.24) is 4.98 Å². The van der Waals surface area contributed by atoms with Gasteiger partial charge < -0.3 is 9.47 Å². The van der Waals surface area contributed by atoms with Gasteiger partial charge in [0.05, 0.1) is 12.7 Å². The fourth-order valence-corrected chi connectivity index (χ4v) is 2.77. The van der Waals surface area contributed by atoms with E-state index in [4.69, 9.17) is 9.47 Å². The van der Waals surface area contributed by atoms with Gasteiger partial charge in [-0.05, 0) is 46.3 Å². The van der Waals surface area contributed by atoms with E-state index in [-0.39, 0.29) is 11.6 Å². The van der Waals surface area contributed by atoms with Crippen molar-refractivity contribution in [2.24, 2.45) is 4.99 Å². The minimum Gasteiger partial charge on any atom is -0.496 e. The quantitative estimate of drug-likeness (QED) is 0.538. The number of halogens is 2. The van der Waals surface area contributed by atoms with E-state index >= 15 is 0 Å². The second kappa shape index (κ2) is 6.64. The minimum absolute atomic E-state index is 0.205. The van der Waals surface area contributed by atoms with Crippen molar-refractivity contribution in [2.75, 3.05) is 7.11 Å². The number of hydrogen-bond acceptors (Lipinski definition) is 5. The lowest BCUT2D eigenvalue weighted by Crippen LogP contribution is -2.05. The van der Waals surface area contributed by atoms with Crippen molar-refractivity contribution in [3.05, 3.63) is 62.4 Å². The lowest BCUT2D eigenvalue weighted by atomic mass is 10.1. The third kappa shape index (κ3) is 3.51. The third-order valence-corrected chi connectivity index (χ3v) is 3.98. The van der Waals surface area contributed by atoms with Crippen LogP contribution in [0.2, 0.25) is 0 Å². The molecular weight excluding hydrogens is 428 g/mol. The largest absolute Gasteiger partial charge is 0.496 e. The Balaban J connectivity index is 2.00. The number of rotatable bonds is 3. The Morgan fingerprint density at radius 1 is 1.17 bits per heavy atom. The first-order valence-corrected chi connectivity index (χ1v) is 8.12. The molecule has 5 nitrogen and oxygen atoms in total. The number of benzene rings is 1. The Morgan fingerprint density at radius 2 is 2.00 bits per heavy atom. The highest BCUT2D eigenvalue weighted by Gasteiger charge is 2.25. The van der Waals surface area contributed by atoms with Gasteiger partial charge in [-0.2, -0.15) is 0 Å². The SMILES string of the molecule is COc1ccc(Br)cc1/C=C1\N=C(c2cncc(Br)c2)OC1=O. The maximum Gasteiger partial charge on any atom is 0.363 e. The van der Waals surface area contributed by atoms with Crippen molar-refractivity contribution >= 4 is 49.8 Å². The van der Waals surface area contributed by atoms with Gasteiger partial charge in [-0.25, -0.2) is 9.79 Å². The fraction of sp³-hybridized carbons (Fsp3) is 0.0625. The van der Waals surface area contributed by atoms with E-state index in [1.54, 1.807) is 37.7 Å². The third-order valence-electron chi connectivity index (χ3n) is 3.06. The first kappa shape index (κ1) is 15.9. The van der Waals surface area contributed by atoms with Gasteiger partial charge in [0, 0.05) is 26.9 Å². The number of carbonyl (C=O) groups excluding carboxylic acids is 1. The number of esters is 1. The van der Waals surface area contributed by atoms with Crippen LogP contribution in [-0.4, -0.2) is 24.0 Å². The van der Waals surface area contributed by atoms with Crippen LogP contribution in [0.25, 0.3) is 6.08 Å². The Bertz CT molecular complexity index is 847. The van der Waals surface area contributed by atoms with Gasteiger partial charge in [0.2, 0.25) is 5.90 Å². The predicted octanol–water partition coefficient (Wildman–Crippen LogP) is 3.96. The zero-order valence-electron chi connectivity index (χ0n) is 11.9. The first-order valence-electron chi connectivity index (χ1n) is 6.54. The molecule has 1 aliphatic heterocycles. The molecule has 0 saturated heterocycles. The molecule has 1 aliphatic rings. The van der Waals surface area contributed by atoms with Crippen LogP contribution in [0.15, 0.2) is 56.3 Å². The van der Waals surface area contributed by atoms with E-state index in [0.717, 1.165) is 14.5 Å². The number of hydrogen-bond donors (Lipinski definition) is 0. The van der Waals surface area contributed by atoms with Gasteiger partial charge >= 0.3 is 5.97 Å². The second-order valence-corrected chi connectivity index (χ2v) is 6.45. The Hall–Kier alpha value is -1.99. The average molecular weight is 438 g/mol. The zero-order chi connectivity index (χ0) is 16.4. The fourth-order valence-electron chi connectivity index (χ4n) is 2.03. The molecule has 0 fully saturated rings. The van der Waals surface area contributed by atoms with Crippen molar-refractivity contribution in [3.63, 3.8) is 0 Å². The number of methoxy groups -OCH3 is 1. The number of aromatic nitrogens is 1. The highest BCUT2D eigenvalue weighted by atomic mass is 79.9. The molecule has 1 aromatic heterocycles. The number of cyclic esters (lactones) is 1. The monoisotopic (exact) mass is 436 g/mol. The summed E-state index contributed by atoms with van der Waals surface area (Å²) >= 11 is 6.72. The van der Waals surface area contributed by atoms with E-state index in [9.17, 15) is 4.79 Å². The maximum atomic E-state index is 12.0. The van der Waals surface area contributed by atoms with Crippen LogP contribution in [-0.2, 0) is 9.53 Å². The number of aliphatic imine (C=N–C) groups is 1. The average Bonchev–Trinajstić information content (AvgIpc) is 2.89. The van der Waals surface area contributed by atoms with Crippen molar-refractivity contribution < 1.29 is 14.3 Å². The van der Waals surface area contributed by atoms with Crippen molar-refractivity contribution in [2.45, 2.75) is 0 Å². The van der Waals surface area contributed by atoms with Gasteiger partial charge in [-0.15, -0.1) is 0 Å². The molecule has 3 rings (SSSR count). The highest BCUT2D eigenvalue weighted by molar-refractivity contribution is 9.10. The summed E-state index contributed by atoms with van der Waals surface area (Å²) in [4.78, 5) is 20.3. The highest BCUT2D eigenvalue weighted by Crippen LogP contribution is 2.27. The number of ether oxygens (including phenoxy) is 2. The topological polar surface area (TPSA) is 60.8 Å². The van der Waals surface area contributed by atoms with Crippen LogP contribution in [0.1, 0.15) is 11.1 Å². The van der Waals surface area contributed by atoms with Gasteiger partial charge in [0.1, 0.15) is 5.75 Å². The minimum atomic E-state index is -0.512. The Morgan fingerprint density at radius 3 is 2.74 bits per heavy atom. The molecule has 116 valence electrons. The molecule has 0 aliphatic carbocycles. The van der Waals surface area contributed by atoms with Crippen LogP contribution in [0.4, 0.5) is 0 Å². The van der Waals surface area contributed by atoms with Gasteiger partial charge in [0.15, 0.2) is 5.70 Å². The molecule has 0 spiro atoms.